The Balaban J connectivity index is 1.72. The predicted molar refractivity (Wildman–Crippen MR) is 107 cm³/mol. The fourth-order valence-corrected chi connectivity index (χ4v) is 3.18. The van der Waals surface area contributed by atoms with Crippen LogP contribution in [0.3, 0.4) is 0 Å². The Labute approximate surface area is 165 Å². The van der Waals surface area contributed by atoms with Crippen LogP contribution in [0.2, 0.25) is 0 Å². The van der Waals surface area contributed by atoms with Gasteiger partial charge in [0.1, 0.15) is 0 Å². The van der Waals surface area contributed by atoms with Gasteiger partial charge in [0.05, 0.1) is 23.9 Å². The zero-order chi connectivity index (χ0) is 18.8. The van der Waals surface area contributed by atoms with Crippen LogP contribution in [0.4, 0.5) is 0 Å². The maximum atomic E-state index is 5.48. The lowest BCUT2D eigenvalue weighted by molar-refractivity contribution is 0.398. The van der Waals surface area contributed by atoms with Crippen molar-refractivity contribution in [3.63, 3.8) is 0 Å². The molecule has 0 N–H and O–H groups in total. The summed E-state index contributed by atoms with van der Waals surface area (Å²) in [7, 11) is 1.58. The van der Waals surface area contributed by atoms with Crippen molar-refractivity contribution in [3.05, 3.63) is 70.7 Å². The first kappa shape index (κ1) is 17.4. The van der Waals surface area contributed by atoms with Crippen LogP contribution in [-0.4, -0.2) is 22.2 Å². The zero-order valence-electron chi connectivity index (χ0n) is 14.8. The number of pyridine rings is 1. The molecule has 0 aliphatic rings. The SMILES string of the molecule is COc1nc(-c2ccc(C)cc2)ccc1-c1noc(-c2ccccc2Br)n1. The van der Waals surface area contributed by atoms with Gasteiger partial charge in [-0.05, 0) is 47.1 Å². The highest BCUT2D eigenvalue weighted by Gasteiger charge is 2.17. The number of nitrogens with zero attached hydrogens (tertiary/aromatic N) is 3. The molecule has 0 aliphatic carbocycles. The average molecular weight is 422 g/mol. The molecule has 0 radical (unpaired) electrons. The minimum atomic E-state index is 0.431. The van der Waals surface area contributed by atoms with Gasteiger partial charge >= 0.3 is 0 Å². The van der Waals surface area contributed by atoms with Crippen LogP contribution in [-0.2, 0) is 0 Å². The number of rotatable bonds is 4. The summed E-state index contributed by atoms with van der Waals surface area (Å²) in [6.45, 7) is 2.06. The fourth-order valence-electron chi connectivity index (χ4n) is 2.73. The predicted octanol–water partition coefficient (Wildman–Crippen LogP) is 5.55. The molecule has 0 fully saturated rings. The van der Waals surface area contributed by atoms with Gasteiger partial charge in [-0.2, -0.15) is 4.98 Å². The second-order valence-corrected chi connectivity index (χ2v) is 6.88. The highest BCUT2D eigenvalue weighted by Crippen LogP contribution is 2.32. The molecular formula is C21H16BrN3O2. The normalized spacial score (nSPS) is 10.8. The highest BCUT2D eigenvalue weighted by molar-refractivity contribution is 9.10. The molecule has 27 heavy (non-hydrogen) atoms. The van der Waals surface area contributed by atoms with Crippen molar-refractivity contribution in [3.8, 4) is 40.0 Å². The summed E-state index contributed by atoms with van der Waals surface area (Å²) >= 11 is 3.50. The minimum Gasteiger partial charge on any atom is -0.480 e. The van der Waals surface area contributed by atoms with Crippen LogP contribution in [0.15, 0.2) is 69.7 Å². The smallest absolute Gasteiger partial charge is 0.259 e. The lowest BCUT2D eigenvalue weighted by Crippen LogP contribution is -1.95. The van der Waals surface area contributed by atoms with Crippen molar-refractivity contribution in [2.45, 2.75) is 6.92 Å². The minimum absolute atomic E-state index is 0.431. The summed E-state index contributed by atoms with van der Waals surface area (Å²) in [5.74, 6) is 1.32. The number of ether oxygens (including phenoxy) is 1. The van der Waals surface area contributed by atoms with Crippen LogP contribution < -0.4 is 4.74 Å². The van der Waals surface area contributed by atoms with E-state index < -0.39 is 0 Å². The van der Waals surface area contributed by atoms with E-state index >= 15 is 0 Å². The quantitative estimate of drug-likeness (QED) is 0.432. The van der Waals surface area contributed by atoms with E-state index in [4.69, 9.17) is 9.26 Å². The number of aryl methyl sites for hydroxylation is 1. The third kappa shape index (κ3) is 3.48. The summed E-state index contributed by atoms with van der Waals surface area (Å²) in [5.41, 5.74) is 4.56. The first-order chi connectivity index (χ1) is 13.2. The van der Waals surface area contributed by atoms with E-state index in [9.17, 15) is 0 Å². The molecule has 5 nitrogen and oxygen atoms in total. The molecule has 0 aliphatic heterocycles. The van der Waals surface area contributed by atoms with Crippen LogP contribution in [0.1, 0.15) is 5.56 Å². The maximum Gasteiger partial charge on any atom is 0.259 e. The Morgan fingerprint density at radius 1 is 0.889 bits per heavy atom. The molecule has 0 bridgehead atoms. The van der Waals surface area contributed by atoms with Gasteiger partial charge in [0.15, 0.2) is 0 Å². The van der Waals surface area contributed by atoms with Gasteiger partial charge in [0.2, 0.25) is 11.7 Å². The van der Waals surface area contributed by atoms with E-state index in [1.807, 2.05) is 48.5 Å². The number of hydrogen-bond acceptors (Lipinski definition) is 5. The number of halogens is 1. The lowest BCUT2D eigenvalue weighted by Gasteiger charge is -2.07. The molecule has 4 rings (SSSR count). The molecule has 0 saturated carbocycles. The number of methoxy groups -OCH3 is 1. The van der Waals surface area contributed by atoms with Gasteiger partial charge in [-0.15, -0.1) is 0 Å². The molecule has 134 valence electrons. The zero-order valence-corrected chi connectivity index (χ0v) is 16.4. The van der Waals surface area contributed by atoms with Crippen LogP contribution in [0.5, 0.6) is 5.88 Å². The molecule has 0 unspecified atom stereocenters. The molecule has 6 heteroatoms. The van der Waals surface area contributed by atoms with Crippen LogP contribution >= 0.6 is 15.9 Å². The van der Waals surface area contributed by atoms with E-state index in [0.717, 1.165) is 21.3 Å². The molecule has 2 aromatic heterocycles. The Kier molecular flexibility index (Phi) is 4.73. The molecule has 0 saturated heterocycles. The molecule has 0 atom stereocenters. The molecule has 2 aromatic carbocycles. The Hall–Kier alpha value is -2.99. The van der Waals surface area contributed by atoms with E-state index in [1.165, 1.54) is 5.56 Å². The van der Waals surface area contributed by atoms with Crippen molar-refractivity contribution < 1.29 is 9.26 Å². The standard InChI is InChI=1S/C21H16BrN3O2/c1-13-7-9-14(10-8-13)18-12-11-16(20(23-18)26-2)19-24-21(27-25-19)15-5-3-4-6-17(15)22/h3-12H,1-2H3. The summed E-state index contributed by atoms with van der Waals surface area (Å²) in [6.07, 6.45) is 0. The fraction of sp³-hybridized carbons (Fsp3) is 0.0952. The highest BCUT2D eigenvalue weighted by atomic mass is 79.9. The third-order valence-electron chi connectivity index (χ3n) is 4.17. The van der Waals surface area contributed by atoms with E-state index in [0.29, 0.717) is 23.2 Å². The number of benzene rings is 2. The monoisotopic (exact) mass is 421 g/mol. The summed E-state index contributed by atoms with van der Waals surface area (Å²) in [5, 5.41) is 4.10. The van der Waals surface area contributed by atoms with Gasteiger partial charge in [-0.3, -0.25) is 0 Å². The Bertz CT molecular complexity index is 1090. The first-order valence-corrected chi connectivity index (χ1v) is 9.16. The number of hydrogen-bond donors (Lipinski definition) is 0. The molecular weight excluding hydrogens is 406 g/mol. The van der Waals surface area contributed by atoms with Gasteiger partial charge in [-0.1, -0.05) is 47.1 Å². The first-order valence-electron chi connectivity index (χ1n) is 8.37. The molecule has 0 amide bonds. The molecule has 2 heterocycles. The van der Waals surface area contributed by atoms with Crippen molar-refractivity contribution in [1.82, 2.24) is 15.1 Å². The molecule has 0 spiro atoms. The van der Waals surface area contributed by atoms with Crippen LogP contribution in [0, 0.1) is 6.92 Å². The van der Waals surface area contributed by atoms with Gasteiger partial charge in [0, 0.05) is 10.0 Å². The van der Waals surface area contributed by atoms with E-state index in [2.05, 4.69) is 50.1 Å². The van der Waals surface area contributed by atoms with Crippen molar-refractivity contribution in [2.75, 3.05) is 7.11 Å². The van der Waals surface area contributed by atoms with Gasteiger partial charge in [0.25, 0.3) is 5.89 Å². The summed E-state index contributed by atoms with van der Waals surface area (Å²) in [4.78, 5) is 9.12. The van der Waals surface area contributed by atoms with Crippen molar-refractivity contribution in [1.29, 1.82) is 0 Å². The lowest BCUT2D eigenvalue weighted by atomic mass is 10.1. The second-order valence-electron chi connectivity index (χ2n) is 6.02. The van der Waals surface area contributed by atoms with Gasteiger partial charge < -0.3 is 9.26 Å². The number of aromatic nitrogens is 3. The average Bonchev–Trinajstić information content (AvgIpc) is 3.18. The second kappa shape index (κ2) is 7.32. The molecule has 4 aromatic rings. The summed E-state index contributed by atoms with van der Waals surface area (Å²) < 4.78 is 11.8. The van der Waals surface area contributed by atoms with Gasteiger partial charge in [-0.25, -0.2) is 4.98 Å². The maximum absolute atomic E-state index is 5.48. The van der Waals surface area contributed by atoms with Crippen molar-refractivity contribution >= 4 is 15.9 Å². The summed E-state index contributed by atoms with van der Waals surface area (Å²) in [6, 6.07) is 19.7. The Morgan fingerprint density at radius 3 is 2.41 bits per heavy atom. The largest absolute Gasteiger partial charge is 0.480 e. The van der Waals surface area contributed by atoms with Crippen LogP contribution in [0.25, 0.3) is 34.1 Å². The van der Waals surface area contributed by atoms with E-state index in [-0.39, 0.29) is 0 Å². The third-order valence-corrected chi connectivity index (χ3v) is 4.86. The topological polar surface area (TPSA) is 61.0 Å². The Morgan fingerprint density at radius 2 is 1.67 bits per heavy atom. The van der Waals surface area contributed by atoms with Crippen molar-refractivity contribution in [2.24, 2.45) is 0 Å². The van der Waals surface area contributed by atoms with E-state index in [1.54, 1.807) is 7.11 Å².